The third kappa shape index (κ3) is 2.12. The summed E-state index contributed by atoms with van der Waals surface area (Å²) in [5, 5.41) is 1.04. The summed E-state index contributed by atoms with van der Waals surface area (Å²) in [6.07, 6.45) is 5.57. The lowest BCUT2D eigenvalue weighted by Crippen LogP contribution is -1.97. The predicted molar refractivity (Wildman–Crippen MR) is 65.9 cm³/mol. The number of anilines is 1. The van der Waals surface area contributed by atoms with E-state index in [-0.39, 0.29) is 0 Å². The van der Waals surface area contributed by atoms with Crippen molar-refractivity contribution in [3.63, 3.8) is 0 Å². The van der Waals surface area contributed by atoms with Crippen molar-refractivity contribution >= 4 is 16.6 Å². The fourth-order valence-corrected chi connectivity index (χ4v) is 1.55. The van der Waals surface area contributed by atoms with E-state index in [9.17, 15) is 0 Å². The first-order chi connectivity index (χ1) is 7.20. The van der Waals surface area contributed by atoms with Crippen molar-refractivity contribution in [3.8, 4) is 0 Å². The molecule has 2 aromatic rings. The quantitative estimate of drug-likeness (QED) is 0.776. The Morgan fingerprint density at radius 1 is 1.33 bits per heavy atom. The second-order valence-corrected chi connectivity index (χ2v) is 3.48. The zero-order chi connectivity index (χ0) is 11.4. The number of fused-ring (bicyclic) bond motifs is 1. The fraction of sp³-hybridized carbons (Fsp3) is 0.417. The molecule has 2 N–H and O–H groups in total. The van der Waals surface area contributed by atoms with Crippen molar-refractivity contribution in [2.45, 2.75) is 33.7 Å². The maximum absolute atomic E-state index is 5.85. The van der Waals surface area contributed by atoms with Crippen LogP contribution in [0, 0.1) is 0 Å². The number of nitrogens with two attached hydrogens (primary N) is 1. The van der Waals surface area contributed by atoms with Gasteiger partial charge in [-0.1, -0.05) is 13.8 Å². The standard InChI is InChI=1S/C10H13N3.C2H6/c1-7(2)13-6-9(11)8-5-12-4-3-10(8)13;1-2/h3-7H,11H2,1-2H3;1-2H3. The predicted octanol–water partition coefficient (Wildman–Crippen LogP) is 3.23. The molecule has 0 atom stereocenters. The van der Waals surface area contributed by atoms with Crippen molar-refractivity contribution in [3.05, 3.63) is 24.7 Å². The summed E-state index contributed by atoms with van der Waals surface area (Å²) in [7, 11) is 0. The number of hydrogen-bond acceptors (Lipinski definition) is 2. The van der Waals surface area contributed by atoms with Crippen LogP contribution in [0.1, 0.15) is 33.7 Å². The van der Waals surface area contributed by atoms with E-state index in [1.54, 1.807) is 6.20 Å². The van der Waals surface area contributed by atoms with Crippen LogP contribution in [0.2, 0.25) is 0 Å². The van der Waals surface area contributed by atoms with Gasteiger partial charge in [-0.15, -0.1) is 0 Å². The lowest BCUT2D eigenvalue weighted by Gasteiger charge is -2.07. The zero-order valence-corrected chi connectivity index (χ0v) is 9.86. The van der Waals surface area contributed by atoms with Crippen molar-refractivity contribution in [2.24, 2.45) is 0 Å². The summed E-state index contributed by atoms with van der Waals surface area (Å²) in [6, 6.07) is 2.42. The first-order valence-corrected chi connectivity index (χ1v) is 5.40. The summed E-state index contributed by atoms with van der Waals surface area (Å²) in [6.45, 7) is 8.28. The Bertz CT molecular complexity index is 429. The van der Waals surface area contributed by atoms with E-state index >= 15 is 0 Å². The Morgan fingerprint density at radius 3 is 2.60 bits per heavy atom. The number of rotatable bonds is 1. The van der Waals surface area contributed by atoms with Crippen molar-refractivity contribution < 1.29 is 0 Å². The highest BCUT2D eigenvalue weighted by molar-refractivity contribution is 5.91. The van der Waals surface area contributed by atoms with E-state index in [0.717, 1.165) is 16.6 Å². The average molecular weight is 205 g/mol. The Hall–Kier alpha value is -1.51. The van der Waals surface area contributed by atoms with Crippen LogP contribution in [-0.2, 0) is 0 Å². The minimum atomic E-state index is 0.433. The molecule has 0 aliphatic carbocycles. The highest BCUT2D eigenvalue weighted by Crippen LogP contribution is 2.24. The molecule has 15 heavy (non-hydrogen) atoms. The van der Waals surface area contributed by atoms with E-state index in [4.69, 9.17) is 5.73 Å². The largest absolute Gasteiger partial charge is 0.397 e. The molecule has 0 unspecified atom stereocenters. The van der Waals surface area contributed by atoms with Crippen LogP contribution in [0.5, 0.6) is 0 Å². The Morgan fingerprint density at radius 2 is 2.00 bits per heavy atom. The first kappa shape index (κ1) is 11.6. The molecule has 2 rings (SSSR count). The molecule has 82 valence electrons. The van der Waals surface area contributed by atoms with Gasteiger partial charge >= 0.3 is 0 Å². The van der Waals surface area contributed by atoms with Gasteiger partial charge in [0.1, 0.15) is 0 Å². The molecule has 0 amide bonds. The molecule has 2 heterocycles. The van der Waals surface area contributed by atoms with E-state index < -0.39 is 0 Å². The molecule has 0 saturated carbocycles. The highest BCUT2D eigenvalue weighted by Gasteiger charge is 2.07. The number of nitrogen functional groups attached to an aromatic ring is 1. The molecular weight excluding hydrogens is 186 g/mol. The molecule has 3 nitrogen and oxygen atoms in total. The van der Waals surface area contributed by atoms with Crippen LogP contribution < -0.4 is 5.73 Å². The second kappa shape index (κ2) is 4.82. The van der Waals surface area contributed by atoms with Gasteiger partial charge in [0, 0.05) is 30.0 Å². The Kier molecular flexibility index (Phi) is 3.72. The molecule has 0 radical (unpaired) electrons. The molecular formula is C12H19N3. The van der Waals surface area contributed by atoms with Gasteiger partial charge in [-0.25, -0.2) is 0 Å². The molecule has 0 aliphatic heterocycles. The summed E-state index contributed by atoms with van der Waals surface area (Å²) in [5.74, 6) is 0. The van der Waals surface area contributed by atoms with Crippen LogP contribution >= 0.6 is 0 Å². The van der Waals surface area contributed by atoms with Crippen molar-refractivity contribution in [1.29, 1.82) is 0 Å². The molecule has 0 saturated heterocycles. The van der Waals surface area contributed by atoms with E-state index in [2.05, 4.69) is 23.4 Å². The molecule has 0 aromatic carbocycles. The Labute approximate surface area is 90.9 Å². The van der Waals surface area contributed by atoms with Crippen LogP contribution in [0.4, 0.5) is 5.69 Å². The number of nitrogens with zero attached hydrogens (tertiary/aromatic N) is 2. The number of aromatic nitrogens is 2. The highest BCUT2D eigenvalue weighted by atomic mass is 15.0. The van der Waals surface area contributed by atoms with Gasteiger partial charge in [-0.05, 0) is 19.9 Å². The van der Waals surface area contributed by atoms with E-state index in [1.807, 2.05) is 32.3 Å². The summed E-state index contributed by atoms with van der Waals surface area (Å²) in [5.41, 5.74) is 7.81. The van der Waals surface area contributed by atoms with Gasteiger partial charge < -0.3 is 10.3 Å². The minimum Gasteiger partial charge on any atom is -0.397 e. The Balaban J connectivity index is 0.000000531. The average Bonchev–Trinajstić information content (AvgIpc) is 2.60. The molecule has 0 fully saturated rings. The molecule has 0 aliphatic rings. The summed E-state index contributed by atoms with van der Waals surface area (Å²) < 4.78 is 2.16. The van der Waals surface area contributed by atoms with Gasteiger partial charge in [0.25, 0.3) is 0 Å². The minimum absolute atomic E-state index is 0.433. The zero-order valence-electron chi connectivity index (χ0n) is 9.86. The topological polar surface area (TPSA) is 43.8 Å². The van der Waals surface area contributed by atoms with Crippen LogP contribution in [0.15, 0.2) is 24.7 Å². The maximum atomic E-state index is 5.85. The molecule has 0 bridgehead atoms. The molecule has 2 aromatic heterocycles. The summed E-state index contributed by atoms with van der Waals surface area (Å²) in [4.78, 5) is 4.05. The SMILES string of the molecule is CC.CC(C)n1cc(N)c2cnccc21. The molecule has 3 heteroatoms. The third-order valence-electron chi connectivity index (χ3n) is 2.22. The smallest absolute Gasteiger partial charge is 0.0589 e. The maximum Gasteiger partial charge on any atom is 0.0589 e. The van der Waals surface area contributed by atoms with Gasteiger partial charge in [0.05, 0.1) is 11.2 Å². The van der Waals surface area contributed by atoms with Crippen molar-refractivity contribution in [1.82, 2.24) is 9.55 Å². The lowest BCUT2D eigenvalue weighted by atomic mass is 10.3. The van der Waals surface area contributed by atoms with E-state index in [0.29, 0.717) is 6.04 Å². The van der Waals surface area contributed by atoms with Crippen LogP contribution in [-0.4, -0.2) is 9.55 Å². The van der Waals surface area contributed by atoms with Gasteiger partial charge in [-0.3, -0.25) is 4.98 Å². The van der Waals surface area contributed by atoms with E-state index in [1.165, 1.54) is 0 Å². The first-order valence-electron chi connectivity index (χ1n) is 5.40. The van der Waals surface area contributed by atoms with Gasteiger partial charge in [0.15, 0.2) is 0 Å². The van der Waals surface area contributed by atoms with Crippen LogP contribution in [0.3, 0.4) is 0 Å². The van der Waals surface area contributed by atoms with Gasteiger partial charge in [-0.2, -0.15) is 0 Å². The second-order valence-electron chi connectivity index (χ2n) is 3.48. The van der Waals surface area contributed by atoms with Crippen LogP contribution in [0.25, 0.3) is 10.9 Å². The van der Waals surface area contributed by atoms with Gasteiger partial charge in [0.2, 0.25) is 0 Å². The fourth-order valence-electron chi connectivity index (χ4n) is 1.55. The number of pyridine rings is 1. The normalized spacial score (nSPS) is 10.2. The lowest BCUT2D eigenvalue weighted by molar-refractivity contribution is 0.623. The number of hydrogen-bond donors (Lipinski definition) is 1. The monoisotopic (exact) mass is 205 g/mol. The summed E-state index contributed by atoms with van der Waals surface area (Å²) >= 11 is 0. The third-order valence-corrected chi connectivity index (χ3v) is 2.22. The molecule has 0 spiro atoms. The van der Waals surface area contributed by atoms with Crippen molar-refractivity contribution in [2.75, 3.05) is 5.73 Å².